The molecule has 2 aromatic rings. The average Bonchev–Trinajstić information content (AvgIpc) is 3.00. The summed E-state index contributed by atoms with van der Waals surface area (Å²) in [7, 11) is 0. The smallest absolute Gasteiger partial charge is 0.288 e. The van der Waals surface area contributed by atoms with Crippen LogP contribution >= 0.6 is 23.2 Å². The number of hydrogen-bond acceptors (Lipinski definition) is 5. The second-order valence-electron chi connectivity index (χ2n) is 5.22. The molecule has 0 unspecified atom stereocenters. The minimum absolute atomic E-state index is 0.00200. The predicted octanol–water partition coefficient (Wildman–Crippen LogP) is 4.14. The normalized spacial score (nSPS) is 16.4. The number of hydrogen-bond donors (Lipinski definition) is 0. The third kappa shape index (κ3) is 3.42. The molecule has 1 aliphatic rings. The van der Waals surface area contributed by atoms with E-state index in [0.29, 0.717) is 16.1 Å². The third-order valence-electron chi connectivity index (χ3n) is 3.49. The number of rotatable bonds is 3. The lowest BCUT2D eigenvalue weighted by Crippen LogP contribution is -2.25. The van der Waals surface area contributed by atoms with Crippen molar-refractivity contribution >= 4 is 40.7 Å². The molecule has 1 amide bonds. The van der Waals surface area contributed by atoms with E-state index in [1.165, 1.54) is 25.1 Å². The molecule has 0 radical (unpaired) electrons. The maximum Gasteiger partial charge on any atom is 0.288 e. The molecule has 2 aromatic carbocycles. The highest BCUT2D eigenvalue weighted by atomic mass is 35.5. The van der Waals surface area contributed by atoms with Gasteiger partial charge in [0.05, 0.1) is 4.92 Å². The Balaban J connectivity index is 1.99. The van der Waals surface area contributed by atoms with Crippen LogP contribution in [-0.4, -0.2) is 21.7 Å². The predicted molar refractivity (Wildman–Crippen MR) is 92.4 cm³/mol. The number of nitro benzene ring substituents is 1. The summed E-state index contributed by atoms with van der Waals surface area (Å²) in [6.45, 7) is 1.34. The van der Waals surface area contributed by atoms with Gasteiger partial charge in [0.15, 0.2) is 0 Å². The highest BCUT2D eigenvalue weighted by molar-refractivity contribution is 6.32. The summed E-state index contributed by atoms with van der Waals surface area (Å²) in [5.74, 6) is -0.261. The first-order valence-corrected chi connectivity index (χ1v) is 7.87. The summed E-state index contributed by atoms with van der Waals surface area (Å²) < 4.78 is 5.77. The molecule has 3 rings (SSSR count). The van der Waals surface area contributed by atoms with Crippen LogP contribution in [0.15, 0.2) is 47.6 Å². The van der Waals surface area contributed by atoms with Crippen LogP contribution in [0.1, 0.15) is 24.3 Å². The van der Waals surface area contributed by atoms with Gasteiger partial charge >= 0.3 is 0 Å². The summed E-state index contributed by atoms with van der Waals surface area (Å²) in [6, 6.07) is 11.0. The van der Waals surface area contributed by atoms with Crippen molar-refractivity contribution in [3.05, 3.63) is 73.8 Å². The van der Waals surface area contributed by atoms with Gasteiger partial charge in [-0.15, -0.1) is 5.10 Å². The van der Waals surface area contributed by atoms with Crippen molar-refractivity contribution in [1.29, 1.82) is 0 Å². The Labute approximate surface area is 152 Å². The monoisotopic (exact) mass is 379 g/mol. The average molecular weight is 380 g/mol. The maximum atomic E-state index is 11.9. The summed E-state index contributed by atoms with van der Waals surface area (Å²) in [6.07, 6.45) is -0.805. The fourth-order valence-electron chi connectivity index (χ4n) is 2.35. The van der Waals surface area contributed by atoms with Crippen LogP contribution in [0.2, 0.25) is 10.0 Å². The Morgan fingerprint density at radius 1 is 1.28 bits per heavy atom. The molecule has 0 fully saturated rings. The summed E-state index contributed by atoms with van der Waals surface area (Å²) >= 11 is 11.8. The van der Waals surface area contributed by atoms with Gasteiger partial charge in [-0.05, 0) is 24.3 Å². The van der Waals surface area contributed by atoms with Crippen molar-refractivity contribution in [3.63, 3.8) is 0 Å². The molecule has 1 atom stereocenters. The van der Waals surface area contributed by atoms with Crippen molar-refractivity contribution in [2.75, 3.05) is 0 Å². The third-order valence-corrected chi connectivity index (χ3v) is 4.04. The molecule has 25 heavy (non-hydrogen) atoms. The fourth-order valence-corrected chi connectivity index (χ4v) is 2.73. The first-order valence-electron chi connectivity index (χ1n) is 7.11. The fraction of sp³-hybridized carbons (Fsp3) is 0.125. The topological polar surface area (TPSA) is 85.0 Å². The molecule has 0 aliphatic carbocycles. The minimum Gasteiger partial charge on any atom is -0.446 e. The molecule has 9 heteroatoms. The van der Waals surface area contributed by atoms with Gasteiger partial charge in [-0.25, -0.2) is 0 Å². The van der Waals surface area contributed by atoms with E-state index < -0.39 is 11.2 Å². The van der Waals surface area contributed by atoms with E-state index in [1.54, 1.807) is 24.3 Å². The molecule has 1 heterocycles. The Kier molecular flexibility index (Phi) is 4.61. The highest BCUT2D eigenvalue weighted by Crippen LogP contribution is 2.33. The van der Waals surface area contributed by atoms with E-state index in [2.05, 4.69) is 5.10 Å². The molecular weight excluding hydrogens is 369 g/mol. The van der Waals surface area contributed by atoms with Crippen LogP contribution in [-0.2, 0) is 9.53 Å². The van der Waals surface area contributed by atoms with Gasteiger partial charge in [0.2, 0.25) is 18.0 Å². The molecule has 1 aliphatic heterocycles. The summed E-state index contributed by atoms with van der Waals surface area (Å²) in [5.41, 5.74) is 0.697. The SMILES string of the molecule is CC(=O)N1N=C(c2ccc(Cl)c([N+](=O)[O-])c2)O[C@H]1c1cccc(Cl)c1. The number of halogens is 2. The lowest BCUT2D eigenvalue weighted by Gasteiger charge is -2.19. The maximum absolute atomic E-state index is 11.9. The standard InChI is InChI=1S/C16H11Cl2N3O4/c1-9(22)20-16(11-3-2-4-12(17)7-11)25-15(19-20)10-5-6-13(18)14(8-10)21(23)24/h2-8,16H,1H3/t16-/m0/s1. The van der Waals surface area contributed by atoms with Gasteiger partial charge in [0.25, 0.3) is 5.69 Å². The van der Waals surface area contributed by atoms with Gasteiger partial charge in [0.1, 0.15) is 5.02 Å². The van der Waals surface area contributed by atoms with Gasteiger partial charge in [-0.3, -0.25) is 14.9 Å². The number of carbonyl (C=O) groups is 1. The largest absolute Gasteiger partial charge is 0.446 e. The molecular formula is C16H11Cl2N3O4. The van der Waals surface area contributed by atoms with E-state index in [-0.39, 0.29) is 22.5 Å². The summed E-state index contributed by atoms with van der Waals surface area (Å²) in [4.78, 5) is 22.3. The van der Waals surface area contributed by atoms with E-state index >= 15 is 0 Å². The Bertz CT molecular complexity index is 901. The van der Waals surface area contributed by atoms with Crippen molar-refractivity contribution < 1.29 is 14.5 Å². The van der Waals surface area contributed by atoms with Crippen LogP contribution in [0.25, 0.3) is 0 Å². The van der Waals surface area contributed by atoms with Crippen molar-refractivity contribution in [2.24, 2.45) is 5.10 Å². The number of carbonyl (C=O) groups excluding carboxylic acids is 1. The minimum atomic E-state index is -0.805. The number of benzene rings is 2. The van der Waals surface area contributed by atoms with Crippen LogP contribution in [0.3, 0.4) is 0 Å². The van der Waals surface area contributed by atoms with Gasteiger partial charge < -0.3 is 4.74 Å². The zero-order chi connectivity index (χ0) is 18.1. The second-order valence-corrected chi connectivity index (χ2v) is 6.06. The molecule has 0 spiro atoms. The lowest BCUT2D eigenvalue weighted by molar-refractivity contribution is -0.384. The Morgan fingerprint density at radius 3 is 2.68 bits per heavy atom. The molecule has 128 valence electrons. The number of nitrogens with zero attached hydrogens (tertiary/aromatic N) is 3. The second kappa shape index (κ2) is 6.70. The zero-order valence-corrected chi connectivity index (χ0v) is 14.4. The van der Waals surface area contributed by atoms with Gasteiger partial charge in [-0.2, -0.15) is 5.01 Å². The van der Waals surface area contributed by atoms with E-state index in [9.17, 15) is 14.9 Å². The molecule has 0 aromatic heterocycles. The Hall–Kier alpha value is -2.64. The number of amides is 1. The molecule has 0 N–H and O–H groups in total. The first kappa shape index (κ1) is 17.2. The number of nitro groups is 1. The van der Waals surface area contributed by atoms with E-state index in [0.717, 1.165) is 5.01 Å². The summed E-state index contributed by atoms with van der Waals surface area (Å²) in [5, 5.41) is 16.8. The van der Waals surface area contributed by atoms with E-state index in [4.69, 9.17) is 27.9 Å². The number of ether oxygens (including phenoxy) is 1. The van der Waals surface area contributed by atoms with Crippen molar-refractivity contribution in [3.8, 4) is 0 Å². The van der Waals surface area contributed by atoms with Gasteiger partial charge in [-0.1, -0.05) is 35.3 Å². The molecule has 0 bridgehead atoms. The van der Waals surface area contributed by atoms with Crippen LogP contribution in [0, 0.1) is 10.1 Å². The van der Waals surface area contributed by atoms with Crippen LogP contribution in [0.4, 0.5) is 5.69 Å². The molecule has 7 nitrogen and oxygen atoms in total. The lowest BCUT2D eigenvalue weighted by atomic mass is 10.2. The quantitative estimate of drug-likeness (QED) is 0.592. The van der Waals surface area contributed by atoms with Crippen molar-refractivity contribution in [1.82, 2.24) is 5.01 Å². The highest BCUT2D eigenvalue weighted by Gasteiger charge is 2.33. The zero-order valence-electron chi connectivity index (χ0n) is 12.8. The van der Waals surface area contributed by atoms with E-state index in [1.807, 2.05) is 0 Å². The Morgan fingerprint density at radius 2 is 2.04 bits per heavy atom. The van der Waals surface area contributed by atoms with Crippen LogP contribution in [0.5, 0.6) is 0 Å². The first-order chi connectivity index (χ1) is 11.9. The van der Waals surface area contributed by atoms with Crippen molar-refractivity contribution in [2.45, 2.75) is 13.2 Å². The van der Waals surface area contributed by atoms with Gasteiger partial charge in [0, 0.05) is 29.1 Å². The number of hydrazone groups is 1. The van der Waals surface area contributed by atoms with Crippen LogP contribution < -0.4 is 0 Å². The molecule has 0 saturated carbocycles. The molecule has 0 saturated heterocycles.